The zero-order chi connectivity index (χ0) is 15.6. The van der Waals surface area contributed by atoms with E-state index in [2.05, 4.69) is 0 Å². The number of benzene rings is 2. The van der Waals surface area contributed by atoms with Crippen molar-refractivity contribution in [2.24, 2.45) is 0 Å². The highest BCUT2D eigenvalue weighted by molar-refractivity contribution is 5.20. The number of ether oxygens (including phenoxy) is 1. The van der Waals surface area contributed by atoms with Gasteiger partial charge in [0.25, 0.3) is 0 Å². The summed E-state index contributed by atoms with van der Waals surface area (Å²) in [6.07, 6.45) is -0.601. The summed E-state index contributed by atoms with van der Waals surface area (Å²) in [5, 5.41) is 19.3. The van der Waals surface area contributed by atoms with Crippen molar-refractivity contribution in [3.63, 3.8) is 0 Å². The van der Waals surface area contributed by atoms with Gasteiger partial charge in [0.05, 0.1) is 6.61 Å². The monoisotopic (exact) mass is 301 g/mol. The zero-order valence-electron chi connectivity index (χ0n) is 12.6. The molecule has 2 N–H and O–H groups in total. The van der Waals surface area contributed by atoms with Gasteiger partial charge in [-0.1, -0.05) is 48.5 Å². The van der Waals surface area contributed by atoms with Crippen molar-refractivity contribution in [1.82, 2.24) is 4.90 Å². The lowest BCUT2D eigenvalue weighted by atomic mass is 10.2. The van der Waals surface area contributed by atoms with Crippen LogP contribution in [-0.4, -0.2) is 47.5 Å². The number of hydrogen-bond acceptors (Lipinski definition) is 4. The molecule has 0 aromatic heterocycles. The maximum Gasteiger partial charge on any atom is 0.119 e. The molecule has 118 valence electrons. The van der Waals surface area contributed by atoms with Crippen molar-refractivity contribution in [1.29, 1.82) is 0 Å². The highest BCUT2D eigenvalue weighted by Gasteiger charge is 2.12. The molecule has 0 radical (unpaired) electrons. The number of aliphatic hydroxyl groups excluding tert-OH is 2. The molecule has 4 nitrogen and oxygen atoms in total. The fourth-order valence-electron chi connectivity index (χ4n) is 2.28. The van der Waals surface area contributed by atoms with Gasteiger partial charge in [-0.3, -0.25) is 4.90 Å². The van der Waals surface area contributed by atoms with Gasteiger partial charge in [0.1, 0.15) is 18.5 Å². The van der Waals surface area contributed by atoms with Gasteiger partial charge >= 0.3 is 0 Å². The molecule has 2 aromatic carbocycles. The Morgan fingerprint density at radius 2 is 1.59 bits per heavy atom. The quantitative estimate of drug-likeness (QED) is 0.743. The summed E-state index contributed by atoms with van der Waals surface area (Å²) in [5.74, 6) is 0.748. The van der Waals surface area contributed by atoms with Crippen LogP contribution in [0.4, 0.5) is 0 Å². The maximum absolute atomic E-state index is 10.1. The molecule has 1 atom stereocenters. The van der Waals surface area contributed by atoms with Crippen LogP contribution >= 0.6 is 0 Å². The SMILES string of the molecule is OCCN(Cc1ccccc1)C[C@H](O)COc1ccccc1. The first-order valence-corrected chi connectivity index (χ1v) is 7.51. The highest BCUT2D eigenvalue weighted by atomic mass is 16.5. The fourth-order valence-corrected chi connectivity index (χ4v) is 2.28. The van der Waals surface area contributed by atoms with E-state index < -0.39 is 6.10 Å². The summed E-state index contributed by atoms with van der Waals surface area (Å²) in [6, 6.07) is 19.5. The Morgan fingerprint density at radius 3 is 2.23 bits per heavy atom. The molecule has 0 heterocycles. The minimum absolute atomic E-state index is 0.0685. The minimum Gasteiger partial charge on any atom is -0.491 e. The van der Waals surface area contributed by atoms with E-state index in [1.54, 1.807) is 0 Å². The molecule has 0 saturated heterocycles. The van der Waals surface area contributed by atoms with Crippen LogP contribution in [0.5, 0.6) is 5.75 Å². The van der Waals surface area contributed by atoms with Gasteiger partial charge in [-0.2, -0.15) is 0 Å². The van der Waals surface area contributed by atoms with Gasteiger partial charge in [0.2, 0.25) is 0 Å². The van der Waals surface area contributed by atoms with E-state index in [-0.39, 0.29) is 13.2 Å². The average molecular weight is 301 g/mol. The van der Waals surface area contributed by atoms with Crippen LogP contribution in [0, 0.1) is 0 Å². The van der Waals surface area contributed by atoms with Crippen molar-refractivity contribution in [3.05, 3.63) is 66.2 Å². The van der Waals surface area contributed by atoms with Crippen molar-refractivity contribution in [2.75, 3.05) is 26.3 Å². The molecule has 0 unspecified atom stereocenters. The van der Waals surface area contributed by atoms with Gasteiger partial charge < -0.3 is 14.9 Å². The molecule has 0 aliphatic carbocycles. The van der Waals surface area contributed by atoms with Crippen LogP contribution in [0.25, 0.3) is 0 Å². The van der Waals surface area contributed by atoms with Gasteiger partial charge in [0.15, 0.2) is 0 Å². The highest BCUT2D eigenvalue weighted by Crippen LogP contribution is 2.09. The van der Waals surface area contributed by atoms with E-state index in [9.17, 15) is 10.2 Å². The van der Waals surface area contributed by atoms with Crippen molar-refractivity contribution >= 4 is 0 Å². The number of nitrogens with zero attached hydrogens (tertiary/aromatic N) is 1. The van der Waals surface area contributed by atoms with Crippen LogP contribution in [0.15, 0.2) is 60.7 Å². The zero-order valence-corrected chi connectivity index (χ0v) is 12.6. The summed E-state index contributed by atoms with van der Waals surface area (Å²) >= 11 is 0. The molecule has 0 amide bonds. The molecule has 0 aliphatic heterocycles. The van der Waals surface area contributed by atoms with Gasteiger partial charge in [0, 0.05) is 19.6 Å². The number of aliphatic hydroxyl groups is 2. The normalized spacial score (nSPS) is 12.3. The Labute approximate surface area is 131 Å². The van der Waals surface area contributed by atoms with E-state index in [0.717, 1.165) is 11.3 Å². The molecule has 22 heavy (non-hydrogen) atoms. The van der Waals surface area contributed by atoms with Crippen molar-refractivity contribution in [3.8, 4) is 5.75 Å². The molecular formula is C18H23NO3. The number of hydrogen-bond donors (Lipinski definition) is 2. The molecule has 0 bridgehead atoms. The van der Waals surface area contributed by atoms with E-state index in [1.807, 2.05) is 65.6 Å². The van der Waals surface area contributed by atoms with Crippen molar-refractivity contribution in [2.45, 2.75) is 12.6 Å². The summed E-state index contributed by atoms with van der Waals surface area (Å²) < 4.78 is 5.56. The van der Waals surface area contributed by atoms with E-state index >= 15 is 0 Å². The smallest absolute Gasteiger partial charge is 0.119 e. The van der Waals surface area contributed by atoms with Gasteiger partial charge in [-0.15, -0.1) is 0 Å². The summed E-state index contributed by atoms with van der Waals surface area (Å²) in [5.41, 5.74) is 1.16. The van der Waals surface area contributed by atoms with Gasteiger partial charge in [-0.25, -0.2) is 0 Å². The third-order valence-electron chi connectivity index (χ3n) is 3.32. The Kier molecular flexibility index (Phi) is 6.90. The lowest BCUT2D eigenvalue weighted by Crippen LogP contribution is -2.37. The molecule has 4 heteroatoms. The molecule has 0 saturated carbocycles. The minimum atomic E-state index is -0.601. The number of para-hydroxylation sites is 1. The molecular weight excluding hydrogens is 278 g/mol. The first kappa shape index (κ1) is 16.5. The third kappa shape index (κ3) is 5.85. The van der Waals surface area contributed by atoms with Crippen LogP contribution in [0.2, 0.25) is 0 Å². The standard InChI is InChI=1S/C18H23NO3/c20-12-11-19(13-16-7-3-1-4-8-16)14-17(21)15-22-18-9-5-2-6-10-18/h1-10,17,20-21H,11-15H2/t17-/m0/s1. The first-order valence-electron chi connectivity index (χ1n) is 7.51. The predicted molar refractivity (Wildman–Crippen MR) is 86.7 cm³/mol. The second-order valence-corrected chi connectivity index (χ2v) is 5.22. The van der Waals surface area contributed by atoms with Crippen LogP contribution in [0.3, 0.4) is 0 Å². The van der Waals surface area contributed by atoms with E-state index in [0.29, 0.717) is 19.6 Å². The summed E-state index contributed by atoms with van der Waals surface area (Å²) in [7, 11) is 0. The third-order valence-corrected chi connectivity index (χ3v) is 3.32. The van der Waals surface area contributed by atoms with E-state index in [1.165, 1.54) is 0 Å². The molecule has 0 fully saturated rings. The van der Waals surface area contributed by atoms with Crippen LogP contribution in [-0.2, 0) is 6.54 Å². The lowest BCUT2D eigenvalue weighted by Gasteiger charge is -2.24. The lowest BCUT2D eigenvalue weighted by molar-refractivity contribution is 0.0590. The Morgan fingerprint density at radius 1 is 0.955 bits per heavy atom. The average Bonchev–Trinajstić information content (AvgIpc) is 2.55. The van der Waals surface area contributed by atoms with Crippen molar-refractivity contribution < 1.29 is 14.9 Å². The Bertz CT molecular complexity index is 518. The van der Waals surface area contributed by atoms with Gasteiger partial charge in [-0.05, 0) is 17.7 Å². The maximum atomic E-state index is 10.1. The topological polar surface area (TPSA) is 52.9 Å². The van der Waals surface area contributed by atoms with Crippen LogP contribution < -0.4 is 4.74 Å². The summed E-state index contributed by atoms with van der Waals surface area (Å²) in [6.45, 7) is 1.99. The van der Waals surface area contributed by atoms with E-state index in [4.69, 9.17) is 4.74 Å². The second kappa shape index (κ2) is 9.20. The Hall–Kier alpha value is -1.88. The largest absolute Gasteiger partial charge is 0.491 e. The predicted octanol–water partition coefficient (Wildman–Crippen LogP) is 1.92. The first-order chi connectivity index (χ1) is 10.8. The molecule has 0 aliphatic rings. The molecule has 2 rings (SSSR count). The number of rotatable bonds is 9. The second-order valence-electron chi connectivity index (χ2n) is 5.22. The molecule has 0 spiro atoms. The molecule has 2 aromatic rings. The van der Waals surface area contributed by atoms with Crippen LogP contribution in [0.1, 0.15) is 5.56 Å². The fraction of sp³-hybridized carbons (Fsp3) is 0.333. The Balaban J connectivity index is 1.81. The summed E-state index contributed by atoms with van der Waals surface area (Å²) in [4.78, 5) is 2.02.